The molecule has 96 valence electrons. The molecule has 1 N–H and O–H groups in total. The van der Waals surface area contributed by atoms with Gasteiger partial charge in [-0.1, -0.05) is 0 Å². The Morgan fingerprint density at radius 1 is 1.47 bits per heavy atom. The minimum absolute atomic E-state index is 0.202. The number of rotatable bonds is 6. The smallest absolute Gasteiger partial charge is 0.248 e. The van der Waals surface area contributed by atoms with Crippen molar-refractivity contribution < 1.29 is 8.42 Å². The SMILES string of the molecule is CSCCCN(C)S(=O)(=O)c1c[nH]ccc1=O. The van der Waals surface area contributed by atoms with Gasteiger partial charge in [0.2, 0.25) is 15.5 Å². The molecule has 0 unspecified atom stereocenters. The van der Waals surface area contributed by atoms with E-state index in [0.717, 1.165) is 12.2 Å². The molecule has 0 atom stereocenters. The molecule has 0 bridgehead atoms. The fourth-order valence-corrected chi connectivity index (χ4v) is 2.98. The summed E-state index contributed by atoms with van der Waals surface area (Å²) in [4.78, 5) is 13.9. The Kier molecular flexibility index (Phi) is 5.23. The third kappa shape index (κ3) is 3.58. The van der Waals surface area contributed by atoms with Crippen LogP contribution in [0.25, 0.3) is 0 Å². The minimum Gasteiger partial charge on any atom is -0.366 e. The van der Waals surface area contributed by atoms with Crippen molar-refractivity contribution in [1.29, 1.82) is 0 Å². The Labute approximate surface area is 105 Å². The predicted molar refractivity (Wildman–Crippen MR) is 69.9 cm³/mol. The number of pyridine rings is 1. The van der Waals surface area contributed by atoms with Crippen LogP contribution < -0.4 is 5.43 Å². The number of nitrogens with one attached hydrogen (secondary N) is 1. The molecule has 5 nitrogen and oxygen atoms in total. The van der Waals surface area contributed by atoms with Gasteiger partial charge < -0.3 is 4.98 Å². The van der Waals surface area contributed by atoms with E-state index in [9.17, 15) is 13.2 Å². The van der Waals surface area contributed by atoms with E-state index >= 15 is 0 Å². The fourth-order valence-electron chi connectivity index (χ4n) is 1.32. The molecule has 0 aliphatic carbocycles. The Morgan fingerprint density at radius 3 is 2.76 bits per heavy atom. The van der Waals surface area contributed by atoms with Gasteiger partial charge in [0.1, 0.15) is 4.90 Å². The number of hydrogen-bond donors (Lipinski definition) is 1. The summed E-state index contributed by atoms with van der Waals surface area (Å²) in [7, 11) is -2.18. The van der Waals surface area contributed by atoms with Gasteiger partial charge in [-0.15, -0.1) is 0 Å². The van der Waals surface area contributed by atoms with Gasteiger partial charge in [0.25, 0.3) is 0 Å². The summed E-state index contributed by atoms with van der Waals surface area (Å²) in [6.45, 7) is 0.414. The number of sulfonamides is 1. The second-order valence-electron chi connectivity index (χ2n) is 3.55. The predicted octanol–water partition coefficient (Wildman–Crippen LogP) is 0.749. The van der Waals surface area contributed by atoms with Gasteiger partial charge in [-0.05, 0) is 18.4 Å². The van der Waals surface area contributed by atoms with Gasteiger partial charge in [-0.2, -0.15) is 11.8 Å². The van der Waals surface area contributed by atoms with E-state index in [1.165, 1.54) is 29.8 Å². The number of aromatic amines is 1. The van der Waals surface area contributed by atoms with Crippen LogP contribution in [-0.2, 0) is 10.0 Å². The molecular weight excluding hydrogens is 260 g/mol. The highest BCUT2D eigenvalue weighted by molar-refractivity contribution is 7.98. The summed E-state index contributed by atoms with van der Waals surface area (Å²) in [6.07, 6.45) is 5.37. The molecule has 1 aromatic rings. The number of aromatic nitrogens is 1. The van der Waals surface area contributed by atoms with Crippen LogP contribution in [0.3, 0.4) is 0 Å². The minimum atomic E-state index is -3.67. The molecule has 1 rings (SSSR count). The third-order valence-electron chi connectivity index (χ3n) is 2.30. The van der Waals surface area contributed by atoms with Gasteiger partial charge in [0, 0.05) is 32.1 Å². The van der Waals surface area contributed by atoms with Crippen molar-refractivity contribution in [2.75, 3.05) is 25.6 Å². The van der Waals surface area contributed by atoms with Crippen LogP contribution in [0.5, 0.6) is 0 Å². The number of H-pyrrole nitrogens is 1. The first-order valence-electron chi connectivity index (χ1n) is 5.12. The monoisotopic (exact) mass is 276 g/mol. The first kappa shape index (κ1) is 14.3. The summed E-state index contributed by atoms with van der Waals surface area (Å²) < 4.78 is 25.3. The molecule has 1 heterocycles. The van der Waals surface area contributed by atoms with E-state index in [-0.39, 0.29) is 4.90 Å². The molecule has 7 heteroatoms. The van der Waals surface area contributed by atoms with Crippen LogP contribution in [-0.4, -0.2) is 43.3 Å². The van der Waals surface area contributed by atoms with Crippen molar-refractivity contribution in [1.82, 2.24) is 9.29 Å². The maximum atomic E-state index is 12.0. The maximum absolute atomic E-state index is 12.0. The summed E-state index contributed by atoms with van der Waals surface area (Å²) >= 11 is 1.66. The zero-order chi connectivity index (χ0) is 12.9. The molecule has 0 radical (unpaired) electrons. The van der Waals surface area contributed by atoms with Crippen molar-refractivity contribution in [3.63, 3.8) is 0 Å². The summed E-state index contributed by atoms with van der Waals surface area (Å²) in [5.41, 5.74) is -0.486. The average Bonchev–Trinajstić information content (AvgIpc) is 2.29. The van der Waals surface area contributed by atoms with Crippen molar-refractivity contribution in [3.8, 4) is 0 Å². The molecule has 0 aromatic carbocycles. The van der Waals surface area contributed by atoms with E-state index in [4.69, 9.17) is 0 Å². The molecule has 0 spiro atoms. The van der Waals surface area contributed by atoms with E-state index in [0.29, 0.717) is 6.54 Å². The summed E-state index contributed by atoms with van der Waals surface area (Å²) in [6, 6.07) is 1.21. The average molecular weight is 276 g/mol. The quantitative estimate of drug-likeness (QED) is 0.778. The topological polar surface area (TPSA) is 70.2 Å². The van der Waals surface area contributed by atoms with Crippen molar-refractivity contribution in [3.05, 3.63) is 28.7 Å². The largest absolute Gasteiger partial charge is 0.366 e. The lowest BCUT2D eigenvalue weighted by molar-refractivity contribution is 0.469. The van der Waals surface area contributed by atoms with Crippen LogP contribution in [0, 0.1) is 0 Å². The van der Waals surface area contributed by atoms with Gasteiger partial charge in [0.15, 0.2) is 0 Å². The highest BCUT2D eigenvalue weighted by atomic mass is 32.2. The molecule has 17 heavy (non-hydrogen) atoms. The van der Waals surface area contributed by atoms with Crippen LogP contribution in [0.2, 0.25) is 0 Å². The van der Waals surface area contributed by atoms with Gasteiger partial charge >= 0.3 is 0 Å². The lowest BCUT2D eigenvalue weighted by Gasteiger charge is -2.16. The molecule has 0 fully saturated rings. The zero-order valence-corrected chi connectivity index (χ0v) is 11.5. The second-order valence-corrected chi connectivity index (χ2v) is 6.54. The van der Waals surface area contributed by atoms with Crippen LogP contribution >= 0.6 is 11.8 Å². The number of thioether (sulfide) groups is 1. The van der Waals surface area contributed by atoms with Crippen molar-refractivity contribution >= 4 is 21.8 Å². The Hall–Kier alpha value is -0.790. The first-order valence-corrected chi connectivity index (χ1v) is 7.96. The number of nitrogens with zero attached hydrogens (tertiary/aromatic N) is 1. The van der Waals surface area contributed by atoms with E-state index in [1.807, 2.05) is 6.26 Å². The highest BCUT2D eigenvalue weighted by Crippen LogP contribution is 2.09. The third-order valence-corrected chi connectivity index (χ3v) is 4.87. The first-order chi connectivity index (χ1) is 8.00. The zero-order valence-electron chi connectivity index (χ0n) is 9.84. The summed E-state index contributed by atoms with van der Waals surface area (Å²) in [5, 5.41) is 0. The Balaban J connectivity index is 2.88. The van der Waals surface area contributed by atoms with Gasteiger partial charge in [-0.3, -0.25) is 4.79 Å². The molecule has 0 saturated carbocycles. The molecule has 1 aromatic heterocycles. The molecular formula is C10H16N2O3S2. The van der Waals surface area contributed by atoms with E-state index < -0.39 is 15.5 Å². The Bertz CT molecular complexity index is 510. The van der Waals surface area contributed by atoms with Gasteiger partial charge in [0.05, 0.1) is 0 Å². The van der Waals surface area contributed by atoms with Crippen molar-refractivity contribution in [2.24, 2.45) is 0 Å². The molecule has 0 amide bonds. The Morgan fingerprint density at radius 2 is 2.18 bits per heavy atom. The molecule has 0 aliphatic rings. The lowest BCUT2D eigenvalue weighted by atomic mass is 10.5. The van der Waals surface area contributed by atoms with E-state index in [1.54, 1.807) is 11.8 Å². The van der Waals surface area contributed by atoms with Crippen LogP contribution in [0.4, 0.5) is 0 Å². The molecule has 0 aliphatic heterocycles. The second kappa shape index (κ2) is 6.23. The lowest BCUT2D eigenvalue weighted by Crippen LogP contribution is -2.31. The van der Waals surface area contributed by atoms with Gasteiger partial charge in [-0.25, -0.2) is 12.7 Å². The maximum Gasteiger partial charge on any atom is 0.248 e. The summed E-state index contributed by atoms with van der Waals surface area (Å²) in [5.74, 6) is 0.894. The van der Waals surface area contributed by atoms with Crippen LogP contribution in [0.1, 0.15) is 6.42 Å². The van der Waals surface area contributed by atoms with Crippen molar-refractivity contribution in [2.45, 2.75) is 11.3 Å². The normalized spacial score (nSPS) is 11.9. The standard InChI is InChI=1S/C10H16N2O3S2/c1-12(6-3-7-16-2)17(14,15)10-8-11-5-4-9(10)13/h4-5,8H,3,6-7H2,1-2H3,(H,11,13). The number of hydrogen-bond acceptors (Lipinski definition) is 4. The fraction of sp³-hybridized carbons (Fsp3) is 0.500. The highest BCUT2D eigenvalue weighted by Gasteiger charge is 2.22. The molecule has 0 saturated heterocycles. The van der Waals surface area contributed by atoms with E-state index in [2.05, 4.69) is 4.98 Å². The van der Waals surface area contributed by atoms with Crippen LogP contribution in [0.15, 0.2) is 28.2 Å².